The maximum Gasteiger partial charge on any atom is 0.289 e. The number of sulfonamides is 1. The number of benzene rings is 1. The van der Waals surface area contributed by atoms with E-state index in [2.05, 4.69) is 0 Å². The monoisotopic (exact) mass is 301 g/mol. The van der Waals surface area contributed by atoms with E-state index in [9.17, 15) is 23.6 Å². The molecule has 9 heteroatoms. The molecule has 0 saturated carbocycles. The Morgan fingerprint density at radius 2 is 1.95 bits per heavy atom. The molecule has 0 unspecified atom stereocenters. The molecule has 1 fully saturated rings. The summed E-state index contributed by atoms with van der Waals surface area (Å²) in [5.41, 5.74) is 5.18. The lowest BCUT2D eigenvalue weighted by atomic mass is 10.1. The summed E-state index contributed by atoms with van der Waals surface area (Å²) in [6.45, 7) is 0.269. The van der Waals surface area contributed by atoms with Crippen LogP contribution >= 0.6 is 0 Å². The summed E-state index contributed by atoms with van der Waals surface area (Å²) in [6, 6.07) is 3.47. The van der Waals surface area contributed by atoms with Crippen molar-refractivity contribution in [1.29, 1.82) is 0 Å². The molecule has 20 heavy (non-hydrogen) atoms. The molecule has 1 aliphatic heterocycles. The zero-order valence-electron chi connectivity index (χ0n) is 10.6. The third-order valence-electron chi connectivity index (χ3n) is 3.22. The van der Waals surface area contributed by atoms with Crippen LogP contribution in [0.4, 0.5) is 11.4 Å². The van der Waals surface area contributed by atoms with Crippen molar-refractivity contribution < 1.29 is 18.4 Å². The van der Waals surface area contributed by atoms with Crippen LogP contribution in [0.2, 0.25) is 0 Å². The van der Waals surface area contributed by atoms with Crippen molar-refractivity contribution in [3.63, 3.8) is 0 Å². The topological polar surface area (TPSA) is 127 Å². The molecule has 0 atom stereocenters. The highest BCUT2D eigenvalue weighted by molar-refractivity contribution is 7.89. The molecule has 0 aliphatic carbocycles. The molecule has 3 N–H and O–H groups in total. The fourth-order valence-corrected chi connectivity index (χ4v) is 3.77. The molecule has 1 heterocycles. The number of rotatable bonds is 3. The number of nitrogen functional groups attached to an aromatic ring is 1. The molecule has 0 bridgehead atoms. The lowest BCUT2D eigenvalue weighted by Crippen LogP contribution is -2.40. The first-order valence-corrected chi connectivity index (χ1v) is 7.48. The quantitative estimate of drug-likeness (QED) is 0.470. The predicted octanol–water partition coefficient (Wildman–Crippen LogP) is 0.322. The van der Waals surface area contributed by atoms with Gasteiger partial charge < -0.3 is 10.8 Å². The zero-order valence-corrected chi connectivity index (χ0v) is 11.4. The van der Waals surface area contributed by atoms with E-state index in [1.54, 1.807) is 0 Å². The van der Waals surface area contributed by atoms with Gasteiger partial charge in [0.2, 0.25) is 10.0 Å². The van der Waals surface area contributed by atoms with Gasteiger partial charge in [-0.2, -0.15) is 4.31 Å². The number of nitro groups is 1. The summed E-state index contributed by atoms with van der Waals surface area (Å²) in [4.78, 5) is 9.81. The molecule has 8 nitrogen and oxygen atoms in total. The van der Waals surface area contributed by atoms with Crippen molar-refractivity contribution in [1.82, 2.24) is 4.31 Å². The van der Waals surface area contributed by atoms with E-state index in [4.69, 9.17) is 5.73 Å². The zero-order chi connectivity index (χ0) is 14.9. The van der Waals surface area contributed by atoms with Crippen LogP contribution in [0.1, 0.15) is 12.8 Å². The number of aliphatic hydroxyl groups is 1. The summed E-state index contributed by atoms with van der Waals surface area (Å²) in [5, 5.41) is 20.4. The van der Waals surface area contributed by atoms with Crippen LogP contribution in [-0.2, 0) is 10.0 Å². The van der Waals surface area contributed by atoms with Gasteiger partial charge in [0, 0.05) is 24.8 Å². The Morgan fingerprint density at radius 1 is 1.35 bits per heavy atom. The van der Waals surface area contributed by atoms with Gasteiger partial charge in [0.15, 0.2) is 4.90 Å². The molecule has 110 valence electrons. The third-order valence-corrected chi connectivity index (χ3v) is 5.15. The lowest BCUT2D eigenvalue weighted by Gasteiger charge is -2.28. The van der Waals surface area contributed by atoms with Crippen molar-refractivity contribution >= 4 is 21.4 Å². The lowest BCUT2D eigenvalue weighted by molar-refractivity contribution is -0.387. The SMILES string of the molecule is Nc1ccc([N+](=O)[O-])c(S(=O)(=O)N2CCC(O)CC2)c1. The molecule has 0 aromatic heterocycles. The number of hydrogen-bond acceptors (Lipinski definition) is 6. The van der Waals surface area contributed by atoms with E-state index in [-0.39, 0.29) is 18.8 Å². The number of piperidine rings is 1. The van der Waals surface area contributed by atoms with Crippen LogP contribution in [0.15, 0.2) is 23.1 Å². The van der Waals surface area contributed by atoms with Crippen molar-refractivity contribution in [3.8, 4) is 0 Å². The first-order chi connectivity index (χ1) is 9.32. The molecule has 0 radical (unpaired) electrons. The Bertz CT molecular complexity index is 623. The number of nitrogens with two attached hydrogens (primary N) is 1. The van der Waals surface area contributed by atoms with Crippen LogP contribution in [0.3, 0.4) is 0 Å². The van der Waals surface area contributed by atoms with Crippen molar-refractivity contribution in [2.75, 3.05) is 18.8 Å². The Labute approximate surface area is 116 Å². The van der Waals surface area contributed by atoms with E-state index in [0.29, 0.717) is 12.8 Å². The number of nitro benzene ring substituents is 1. The molecule has 0 spiro atoms. The van der Waals surface area contributed by atoms with E-state index >= 15 is 0 Å². The van der Waals surface area contributed by atoms with E-state index in [1.807, 2.05) is 0 Å². The summed E-state index contributed by atoms with van der Waals surface area (Å²) >= 11 is 0. The van der Waals surface area contributed by atoms with Gasteiger partial charge in [-0.3, -0.25) is 10.1 Å². The Hall–Kier alpha value is -1.71. The first kappa shape index (κ1) is 14.7. The second-order valence-electron chi connectivity index (χ2n) is 4.62. The fourth-order valence-electron chi connectivity index (χ4n) is 2.11. The average molecular weight is 301 g/mol. The first-order valence-electron chi connectivity index (χ1n) is 6.04. The molecule has 1 aliphatic rings. The number of aliphatic hydroxyl groups excluding tert-OH is 1. The summed E-state index contributed by atoms with van der Waals surface area (Å²) in [5.74, 6) is 0. The van der Waals surface area contributed by atoms with Gasteiger partial charge in [-0.25, -0.2) is 8.42 Å². The molecular weight excluding hydrogens is 286 g/mol. The molecular formula is C11H15N3O5S. The van der Waals surface area contributed by atoms with Crippen molar-refractivity contribution in [3.05, 3.63) is 28.3 Å². The second kappa shape index (κ2) is 5.35. The highest BCUT2D eigenvalue weighted by Gasteiger charge is 2.33. The fraction of sp³-hybridized carbons (Fsp3) is 0.455. The highest BCUT2D eigenvalue weighted by Crippen LogP contribution is 2.30. The van der Waals surface area contributed by atoms with E-state index < -0.39 is 31.6 Å². The Balaban J connectivity index is 2.43. The Kier molecular flexibility index (Phi) is 3.93. The third kappa shape index (κ3) is 2.74. The minimum Gasteiger partial charge on any atom is -0.399 e. The standard InChI is InChI=1S/C11H15N3O5S/c12-8-1-2-10(14(16)17)11(7-8)20(18,19)13-5-3-9(15)4-6-13/h1-2,7,9,15H,3-6,12H2. The van der Waals surface area contributed by atoms with Gasteiger partial charge in [0.25, 0.3) is 5.69 Å². The largest absolute Gasteiger partial charge is 0.399 e. The van der Waals surface area contributed by atoms with Gasteiger partial charge in [0.1, 0.15) is 0 Å². The van der Waals surface area contributed by atoms with Crippen molar-refractivity contribution in [2.24, 2.45) is 0 Å². The van der Waals surface area contributed by atoms with Crippen LogP contribution < -0.4 is 5.73 Å². The van der Waals surface area contributed by atoms with Gasteiger partial charge in [-0.05, 0) is 25.0 Å². The summed E-state index contributed by atoms with van der Waals surface area (Å²) < 4.78 is 26.1. The van der Waals surface area contributed by atoms with Crippen LogP contribution in [0.5, 0.6) is 0 Å². The summed E-state index contributed by atoms with van der Waals surface area (Å²) in [7, 11) is -3.98. The van der Waals surface area contributed by atoms with Crippen molar-refractivity contribution in [2.45, 2.75) is 23.8 Å². The molecule has 2 rings (SSSR count). The highest BCUT2D eigenvalue weighted by atomic mass is 32.2. The van der Waals surface area contributed by atoms with Crippen LogP contribution in [-0.4, -0.2) is 41.9 Å². The normalized spacial score (nSPS) is 18.1. The number of nitrogens with zero attached hydrogens (tertiary/aromatic N) is 2. The van der Waals surface area contributed by atoms with Gasteiger partial charge in [-0.1, -0.05) is 0 Å². The second-order valence-corrected chi connectivity index (χ2v) is 6.53. The smallest absolute Gasteiger partial charge is 0.289 e. The molecule has 1 aromatic rings. The minimum absolute atomic E-state index is 0.134. The molecule has 1 saturated heterocycles. The number of anilines is 1. The van der Waals surface area contributed by atoms with Crippen LogP contribution in [0.25, 0.3) is 0 Å². The number of hydrogen-bond donors (Lipinski definition) is 2. The minimum atomic E-state index is -3.98. The maximum absolute atomic E-state index is 12.5. The molecule has 0 amide bonds. The predicted molar refractivity (Wildman–Crippen MR) is 71.5 cm³/mol. The van der Waals surface area contributed by atoms with Gasteiger partial charge in [-0.15, -0.1) is 0 Å². The maximum atomic E-state index is 12.5. The van der Waals surface area contributed by atoms with Crippen LogP contribution in [0, 0.1) is 10.1 Å². The average Bonchev–Trinajstić information content (AvgIpc) is 2.38. The van der Waals surface area contributed by atoms with E-state index in [0.717, 1.165) is 16.4 Å². The molecule has 1 aromatic carbocycles. The van der Waals surface area contributed by atoms with Gasteiger partial charge >= 0.3 is 0 Å². The Morgan fingerprint density at radius 3 is 2.50 bits per heavy atom. The van der Waals surface area contributed by atoms with E-state index in [1.165, 1.54) is 6.07 Å². The van der Waals surface area contributed by atoms with Gasteiger partial charge in [0.05, 0.1) is 11.0 Å². The summed E-state index contributed by atoms with van der Waals surface area (Å²) in [6.07, 6.45) is 0.0994.